The van der Waals surface area contributed by atoms with Gasteiger partial charge in [0.2, 0.25) is 5.91 Å². The minimum atomic E-state index is -0.913. The molecule has 2 fully saturated rings. The fraction of sp³-hybridized carbons (Fsp3) is 0.867. The lowest BCUT2D eigenvalue weighted by molar-refractivity contribution is -0.137. The monoisotopic (exact) mass is 297 g/mol. The summed E-state index contributed by atoms with van der Waals surface area (Å²) in [5.41, 5.74) is 0. The molecule has 0 aromatic carbocycles. The molecule has 0 spiro atoms. The van der Waals surface area contributed by atoms with E-state index in [1.807, 2.05) is 4.90 Å². The molecule has 6 heteroatoms. The topological polar surface area (TPSA) is 64.1 Å². The molecule has 0 saturated carbocycles. The summed E-state index contributed by atoms with van der Waals surface area (Å²) in [4.78, 5) is 29.1. The van der Waals surface area contributed by atoms with Crippen LogP contribution in [0.4, 0.5) is 4.79 Å². The molecule has 2 rings (SSSR count). The first-order valence-corrected chi connectivity index (χ1v) is 8.07. The second kappa shape index (κ2) is 7.11. The van der Waals surface area contributed by atoms with E-state index in [1.165, 1.54) is 4.90 Å². The maximum atomic E-state index is 12.5. The van der Waals surface area contributed by atoms with Crippen molar-refractivity contribution in [1.82, 2.24) is 14.7 Å². The molecule has 120 valence electrons. The largest absolute Gasteiger partial charge is 0.465 e. The molecule has 2 saturated heterocycles. The van der Waals surface area contributed by atoms with E-state index in [0.717, 1.165) is 39.0 Å². The number of rotatable bonds is 4. The molecule has 1 atom stereocenters. The Balaban J connectivity index is 1.82. The van der Waals surface area contributed by atoms with E-state index in [4.69, 9.17) is 5.11 Å². The molecule has 1 N–H and O–H groups in total. The lowest BCUT2D eigenvalue weighted by Gasteiger charge is -2.39. The fourth-order valence-corrected chi connectivity index (χ4v) is 3.51. The average molecular weight is 297 g/mol. The minimum Gasteiger partial charge on any atom is -0.465 e. The number of carbonyl (C=O) groups is 2. The molecular formula is C15H27N3O3. The molecule has 2 aliphatic rings. The van der Waals surface area contributed by atoms with Crippen molar-refractivity contribution in [1.29, 1.82) is 0 Å². The second-order valence-electron chi connectivity index (χ2n) is 6.05. The summed E-state index contributed by atoms with van der Waals surface area (Å²) in [6.07, 6.45) is 2.06. The number of nitrogens with zero attached hydrogens (tertiary/aromatic N) is 3. The Hall–Kier alpha value is -1.30. The van der Waals surface area contributed by atoms with Crippen molar-refractivity contribution in [3.05, 3.63) is 0 Å². The first-order chi connectivity index (χ1) is 10.1. The van der Waals surface area contributed by atoms with Crippen LogP contribution >= 0.6 is 0 Å². The predicted octanol–water partition coefficient (Wildman–Crippen LogP) is 1.32. The van der Waals surface area contributed by atoms with Crippen molar-refractivity contribution in [3.8, 4) is 0 Å². The Labute approximate surface area is 126 Å². The summed E-state index contributed by atoms with van der Waals surface area (Å²) in [6, 6.07) is 0.622. The summed E-state index contributed by atoms with van der Waals surface area (Å²) in [7, 11) is 0. The molecule has 0 bridgehead atoms. The predicted molar refractivity (Wildman–Crippen MR) is 80.2 cm³/mol. The Kier molecular flexibility index (Phi) is 5.45. The third-order valence-corrected chi connectivity index (χ3v) is 4.89. The van der Waals surface area contributed by atoms with Crippen molar-refractivity contribution < 1.29 is 14.7 Å². The van der Waals surface area contributed by atoms with Gasteiger partial charge >= 0.3 is 6.09 Å². The zero-order chi connectivity index (χ0) is 15.4. The first-order valence-electron chi connectivity index (χ1n) is 8.07. The molecular weight excluding hydrogens is 270 g/mol. The molecule has 0 radical (unpaired) electrons. The molecule has 0 aromatic heterocycles. The summed E-state index contributed by atoms with van der Waals surface area (Å²) in [5, 5.41) is 8.97. The normalized spacial score (nSPS) is 23.9. The van der Waals surface area contributed by atoms with Crippen LogP contribution in [0, 0.1) is 5.92 Å². The molecule has 0 aromatic rings. The van der Waals surface area contributed by atoms with Gasteiger partial charge in [0.1, 0.15) is 0 Å². The van der Waals surface area contributed by atoms with Crippen LogP contribution in [0.1, 0.15) is 33.1 Å². The van der Waals surface area contributed by atoms with Gasteiger partial charge in [0.05, 0.1) is 5.92 Å². The number of piperazine rings is 1. The summed E-state index contributed by atoms with van der Waals surface area (Å²) < 4.78 is 0. The highest BCUT2D eigenvalue weighted by atomic mass is 16.4. The maximum Gasteiger partial charge on any atom is 0.407 e. The standard InChI is InChI=1S/C15H27N3O3/c1-3-13(4-2)16-7-9-17(10-8-16)14(19)12-5-6-18(11-12)15(20)21/h12-13H,3-11H2,1-2H3,(H,20,21)/t12-/m0/s1. The summed E-state index contributed by atoms with van der Waals surface area (Å²) >= 11 is 0. The molecule has 6 nitrogen and oxygen atoms in total. The van der Waals surface area contributed by atoms with E-state index in [9.17, 15) is 9.59 Å². The number of hydrogen-bond acceptors (Lipinski definition) is 3. The van der Waals surface area contributed by atoms with Crippen LogP contribution in [-0.2, 0) is 4.79 Å². The van der Waals surface area contributed by atoms with Gasteiger partial charge in [0, 0.05) is 45.3 Å². The number of carboxylic acid groups (broad SMARTS) is 1. The van der Waals surface area contributed by atoms with E-state index < -0.39 is 6.09 Å². The van der Waals surface area contributed by atoms with Crippen molar-refractivity contribution in [3.63, 3.8) is 0 Å². The smallest absolute Gasteiger partial charge is 0.407 e. The first kappa shape index (κ1) is 16.1. The fourth-order valence-electron chi connectivity index (χ4n) is 3.51. The van der Waals surface area contributed by atoms with Crippen LogP contribution in [0.5, 0.6) is 0 Å². The zero-order valence-corrected chi connectivity index (χ0v) is 13.1. The molecule has 0 unspecified atom stereocenters. The van der Waals surface area contributed by atoms with Crippen LogP contribution in [0.3, 0.4) is 0 Å². The third kappa shape index (κ3) is 3.67. The number of likely N-dealkylation sites (tertiary alicyclic amines) is 1. The molecule has 2 amide bonds. The van der Waals surface area contributed by atoms with Gasteiger partial charge in [-0.05, 0) is 19.3 Å². The lowest BCUT2D eigenvalue weighted by atomic mass is 10.1. The van der Waals surface area contributed by atoms with Crippen molar-refractivity contribution in [2.45, 2.75) is 39.2 Å². The van der Waals surface area contributed by atoms with Gasteiger partial charge in [0.15, 0.2) is 0 Å². The SMILES string of the molecule is CCC(CC)N1CCN(C(=O)[C@H]2CCN(C(=O)O)C2)CC1. The van der Waals surface area contributed by atoms with Crippen molar-refractivity contribution in [2.24, 2.45) is 5.92 Å². The Morgan fingerprint density at radius 3 is 2.14 bits per heavy atom. The minimum absolute atomic E-state index is 0.138. The molecule has 2 heterocycles. The van der Waals surface area contributed by atoms with E-state index >= 15 is 0 Å². The van der Waals surface area contributed by atoms with Crippen LogP contribution < -0.4 is 0 Å². The van der Waals surface area contributed by atoms with Gasteiger partial charge in [-0.2, -0.15) is 0 Å². The summed E-state index contributed by atoms with van der Waals surface area (Å²) in [5.74, 6) is 0.00347. The van der Waals surface area contributed by atoms with E-state index in [0.29, 0.717) is 25.6 Å². The van der Waals surface area contributed by atoms with Gasteiger partial charge in [0.25, 0.3) is 0 Å². The Morgan fingerprint density at radius 2 is 1.67 bits per heavy atom. The van der Waals surface area contributed by atoms with Crippen LogP contribution in [0.15, 0.2) is 0 Å². The van der Waals surface area contributed by atoms with E-state index in [-0.39, 0.29) is 11.8 Å². The lowest BCUT2D eigenvalue weighted by Crippen LogP contribution is -2.53. The highest BCUT2D eigenvalue weighted by Gasteiger charge is 2.34. The van der Waals surface area contributed by atoms with Gasteiger partial charge in [-0.3, -0.25) is 9.69 Å². The number of carbonyl (C=O) groups excluding carboxylic acids is 1. The highest BCUT2D eigenvalue weighted by Crippen LogP contribution is 2.20. The molecule has 0 aliphatic carbocycles. The third-order valence-electron chi connectivity index (χ3n) is 4.89. The molecule has 2 aliphatic heterocycles. The average Bonchev–Trinajstić information content (AvgIpc) is 2.98. The van der Waals surface area contributed by atoms with E-state index in [1.54, 1.807) is 0 Å². The van der Waals surface area contributed by atoms with Crippen LogP contribution in [0.2, 0.25) is 0 Å². The van der Waals surface area contributed by atoms with Crippen LogP contribution in [-0.4, -0.2) is 77.1 Å². The van der Waals surface area contributed by atoms with Crippen LogP contribution in [0.25, 0.3) is 0 Å². The molecule has 21 heavy (non-hydrogen) atoms. The zero-order valence-electron chi connectivity index (χ0n) is 13.1. The maximum absolute atomic E-state index is 12.5. The summed E-state index contributed by atoms with van der Waals surface area (Å²) in [6.45, 7) is 8.70. The van der Waals surface area contributed by atoms with Crippen molar-refractivity contribution >= 4 is 12.0 Å². The van der Waals surface area contributed by atoms with Crippen molar-refractivity contribution in [2.75, 3.05) is 39.3 Å². The quantitative estimate of drug-likeness (QED) is 0.850. The van der Waals surface area contributed by atoms with Gasteiger partial charge in [-0.15, -0.1) is 0 Å². The highest BCUT2D eigenvalue weighted by molar-refractivity contribution is 5.80. The number of amides is 2. The van der Waals surface area contributed by atoms with Gasteiger partial charge in [-0.1, -0.05) is 13.8 Å². The van der Waals surface area contributed by atoms with Gasteiger partial charge in [-0.25, -0.2) is 4.79 Å². The Morgan fingerprint density at radius 1 is 1.05 bits per heavy atom. The second-order valence-corrected chi connectivity index (χ2v) is 6.05. The number of hydrogen-bond donors (Lipinski definition) is 1. The van der Waals surface area contributed by atoms with Gasteiger partial charge < -0.3 is 14.9 Å². The Bertz CT molecular complexity index is 376. The van der Waals surface area contributed by atoms with E-state index in [2.05, 4.69) is 18.7 Å².